The van der Waals surface area contributed by atoms with Crippen LogP contribution in [0.1, 0.15) is 20.7 Å². The summed E-state index contributed by atoms with van der Waals surface area (Å²) in [6.07, 6.45) is -4.85. The van der Waals surface area contributed by atoms with E-state index in [0.717, 1.165) is 25.3 Å². The highest BCUT2D eigenvalue weighted by Gasteiger charge is 2.31. The fourth-order valence-electron chi connectivity index (χ4n) is 2.03. The van der Waals surface area contributed by atoms with E-state index in [2.05, 4.69) is 9.47 Å². The molecule has 5 nitrogen and oxygen atoms in total. The Kier molecular flexibility index (Phi) is 4.77. The molecule has 24 heavy (non-hydrogen) atoms. The molecule has 0 fully saturated rings. The first-order chi connectivity index (χ1) is 11.2. The van der Waals surface area contributed by atoms with Gasteiger partial charge < -0.3 is 14.6 Å². The standard InChI is InChI=1S/C16H11F3O5/c1-23-15(22)12-6-10(5-11(7-12)14(20)21)9-3-2-4-13(8-9)24-16(17,18)19/h2-8H,1H3,(H,20,21). The number of halogens is 3. The Balaban J connectivity index is 2.51. The molecular formula is C16H11F3O5. The fourth-order valence-corrected chi connectivity index (χ4v) is 2.03. The number of carboxylic acids is 1. The van der Waals surface area contributed by atoms with Gasteiger partial charge in [-0.15, -0.1) is 13.2 Å². The van der Waals surface area contributed by atoms with Crippen LogP contribution in [0.4, 0.5) is 13.2 Å². The van der Waals surface area contributed by atoms with Crippen molar-refractivity contribution in [1.82, 2.24) is 0 Å². The predicted octanol–water partition coefficient (Wildman–Crippen LogP) is 3.74. The van der Waals surface area contributed by atoms with Crippen molar-refractivity contribution in [2.45, 2.75) is 6.36 Å². The monoisotopic (exact) mass is 340 g/mol. The number of ether oxygens (including phenoxy) is 2. The second-order valence-corrected chi connectivity index (χ2v) is 4.67. The molecule has 0 bridgehead atoms. The van der Waals surface area contributed by atoms with Gasteiger partial charge in [-0.05, 0) is 41.5 Å². The van der Waals surface area contributed by atoms with E-state index in [1.807, 2.05) is 0 Å². The summed E-state index contributed by atoms with van der Waals surface area (Å²) < 4.78 is 45.3. The largest absolute Gasteiger partial charge is 0.573 e. The van der Waals surface area contributed by atoms with Gasteiger partial charge in [-0.3, -0.25) is 0 Å². The van der Waals surface area contributed by atoms with Crippen LogP contribution >= 0.6 is 0 Å². The quantitative estimate of drug-likeness (QED) is 0.859. The van der Waals surface area contributed by atoms with Gasteiger partial charge in [-0.25, -0.2) is 9.59 Å². The molecule has 0 aliphatic carbocycles. The molecule has 2 rings (SSSR count). The van der Waals surface area contributed by atoms with Crippen LogP contribution in [0.2, 0.25) is 0 Å². The summed E-state index contributed by atoms with van der Waals surface area (Å²) >= 11 is 0. The van der Waals surface area contributed by atoms with Crippen LogP contribution in [-0.2, 0) is 4.74 Å². The van der Waals surface area contributed by atoms with E-state index < -0.39 is 24.1 Å². The zero-order valence-corrected chi connectivity index (χ0v) is 12.3. The van der Waals surface area contributed by atoms with E-state index in [9.17, 15) is 22.8 Å². The number of hydrogen-bond acceptors (Lipinski definition) is 4. The molecule has 0 unspecified atom stereocenters. The van der Waals surface area contributed by atoms with E-state index in [1.165, 1.54) is 24.3 Å². The molecule has 0 atom stereocenters. The van der Waals surface area contributed by atoms with Crippen molar-refractivity contribution in [3.05, 3.63) is 53.6 Å². The third-order valence-corrected chi connectivity index (χ3v) is 3.00. The van der Waals surface area contributed by atoms with Crippen molar-refractivity contribution in [1.29, 1.82) is 0 Å². The second-order valence-electron chi connectivity index (χ2n) is 4.67. The number of carbonyl (C=O) groups is 2. The van der Waals surface area contributed by atoms with Gasteiger partial charge in [0, 0.05) is 0 Å². The summed E-state index contributed by atoms with van der Waals surface area (Å²) in [6.45, 7) is 0. The van der Waals surface area contributed by atoms with Crippen LogP contribution in [0.15, 0.2) is 42.5 Å². The third-order valence-electron chi connectivity index (χ3n) is 3.00. The first-order valence-corrected chi connectivity index (χ1v) is 6.52. The molecule has 2 aromatic rings. The molecule has 1 N–H and O–H groups in total. The zero-order chi connectivity index (χ0) is 17.9. The molecular weight excluding hydrogens is 329 g/mol. The van der Waals surface area contributed by atoms with Crippen LogP contribution in [0.5, 0.6) is 5.75 Å². The van der Waals surface area contributed by atoms with E-state index in [1.54, 1.807) is 0 Å². The van der Waals surface area contributed by atoms with Crippen molar-refractivity contribution < 1.29 is 37.3 Å². The van der Waals surface area contributed by atoms with Crippen LogP contribution in [0.25, 0.3) is 11.1 Å². The second kappa shape index (κ2) is 6.61. The molecule has 126 valence electrons. The highest BCUT2D eigenvalue weighted by atomic mass is 19.4. The lowest BCUT2D eigenvalue weighted by Crippen LogP contribution is -2.17. The van der Waals surface area contributed by atoms with E-state index in [4.69, 9.17) is 5.11 Å². The van der Waals surface area contributed by atoms with E-state index in [0.29, 0.717) is 0 Å². The molecule has 0 spiro atoms. The molecule has 0 aliphatic rings. The first-order valence-electron chi connectivity index (χ1n) is 6.52. The number of hydrogen-bond donors (Lipinski definition) is 1. The Hall–Kier alpha value is -3.03. The number of carbonyl (C=O) groups excluding carboxylic acids is 1. The van der Waals surface area contributed by atoms with Gasteiger partial charge in [0.2, 0.25) is 0 Å². The fraction of sp³-hybridized carbons (Fsp3) is 0.125. The van der Waals surface area contributed by atoms with Crippen molar-refractivity contribution >= 4 is 11.9 Å². The normalized spacial score (nSPS) is 11.0. The third kappa shape index (κ3) is 4.25. The molecule has 0 saturated heterocycles. The first kappa shape index (κ1) is 17.3. The summed E-state index contributed by atoms with van der Waals surface area (Å²) in [5, 5.41) is 9.12. The predicted molar refractivity (Wildman–Crippen MR) is 76.9 cm³/mol. The Morgan fingerprint density at radius 2 is 1.67 bits per heavy atom. The van der Waals surface area contributed by atoms with Gasteiger partial charge in [-0.1, -0.05) is 12.1 Å². The van der Waals surface area contributed by atoms with Gasteiger partial charge in [0.25, 0.3) is 0 Å². The highest BCUT2D eigenvalue weighted by molar-refractivity contribution is 5.96. The number of rotatable bonds is 4. The van der Waals surface area contributed by atoms with Crippen molar-refractivity contribution in [3.8, 4) is 16.9 Å². The maximum Gasteiger partial charge on any atom is 0.573 e. The van der Waals surface area contributed by atoms with Crippen molar-refractivity contribution in [2.24, 2.45) is 0 Å². The van der Waals surface area contributed by atoms with Gasteiger partial charge in [0.1, 0.15) is 5.75 Å². The highest BCUT2D eigenvalue weighted by Crippen LogP contribution is 2.29. The summed E-state index contributed by atoms with van der Waals surface area (Å²) in [7, 11) is 1.13. The van der Waals surface area contributed by atoms with Crippen LogP contribution in [0, 0.1) is 0 Å². The Labute approximate surface area is 134 Å². The molecule has 0 saturated carbocycles. The minimum absolute atomic E-state index is 0.0328. The molecule has 8 heteroatoms. The van der Waals surface area contributed by atoms with Gasteiger partial charge in [-0.2, -0.15) is 0 Å². The number of aromatic carboxylic acids is 1. The molecule has 0 amide bonds. The lowest BCUT2D eigenvalue weighted by atomic mass is 9.99. The number of carboxylic acid groups (broad SMARTS) is 1. The smallest absolute Gasteiger partial charge is 0.478 e. The molecule has 0 aromatic heterocycles. The Morgan fingerprint density at radius 1 is 1.00 bits per heavy atom. The average molecular weight is 340 g/mol. The summed E-state index contributed by atoms with van der Waals surface area (Å²) in [6, 6.07) is 8.67. The van der Waals surface area contributed by atoms with Gasteiger partial charge in [0.05, 0.1) is 18.2 Å². The minimum Gasteiger partial charge on any atom is -0.478 e. The number of esters is 1. The topological polar surface area (TPSA) is 72.8 Å². The van der Waals surface area contributed by atoms with Crippen LogP contribution in [-0.4, -0.2) is 30.5 Å². The Morgan fingerprint density at radius 3 is 2.25 bits per heavy atom. The van der Waals surface area contributed by atoms with Crippen molar-refractivity contribution in [3.63, 3.8) is 0 Å². The van der Waals surface area contributed by atoms with Gasteiger partial charge >= 0.3 is 18.3 Å². The van der Waals surface area contributed by atoms with Crippen molar-refractivity contribution in [2.75, 3.05) is 7.11 Å². The number of alkyl halides is 3. The summed E-state index contributed by atoms with van der Waals surface area (Å²) in [5.41, 5.74) is 0.262. The lowest BCUT2D eigenvalue weighted by molar-refractivity contribution is -0.274. The number of benzene rings is 2. The zero-order valence-electron chi connectivity index (χ0n) is 12.3. The van der Waals surface area contributed by atoms with E-state index in [-0.39, 0.29) is 22.3 Å². The van der Waals surface area contributed by atoms with E-state index >= 15 is 0 Å². The summed E-state index contributed by atoms with van der Waals surface area (Å²) in [4.78, 5) is 22.8. The molecule has 0 radical (unpaired) electrons. The lowest BCUT2D eigenvalue weighted by Gasteiger charge is -2.11. The molecule has 0 aliphatic heterocycles. The maximum atomic E-state index is 12.3. The molecule has 0 heterocycles. The minimum atomic E-state index is -4.85. The maximum absolute atomic E-state index is 12.3. The van der Waals surface area contributed by atoms with Crippen LogP contribution < -0.4 is 4.74 Å². The molecule has 2 aromatic carbocycles. The average Bonchev–Trinajstić information content (AvgIpc) is 2.52. The van der Waals surface area contributed by atoms with Crippen LogP contribution in [0.3, 0.4) is 0 Å². The SMILES string of the molecule is COC(=O)c1cc(C(=O)O)cc(-c2cccc(OC(F)(F)F)c2)c1. The van der Waals surface area contributed by atoms with Gasteiger partial charge in [0.15, 0.2) is 0 Å². The number of methoxy groups -OCH3 is 1. The summed E-state index contributed by atoms with van der Waals surface area (Å²) in [5.74, 6) is -2.51. The Bertz CT molecular complexity index is 784.